The normalized spacial score (nSPS) is 10.7. The fourth-order valence-corrected chi connectivity index (χ4v) is 3.62. The van der Waals surface area contributed by atoms with Crippen LogP contribution in [0, 0.1) is 25.2 Å². The highest BCUT2D eigenvalue weighted by Crippen LogP contribution is 2.23. The zero-order valence-electron chi connectivity index (χ0n) is 17.6. The van der Waals surface area contributed by atoms with Gasteiger partial charge in [0, 0.05) is 5.39 Å². The second-order valence-corrected chi connectivity index (χ2v) is 7.41. The molecule has 0 saturated heterocycles. The molecule has 0 unspecified atom stereocenters. The molecule has 0 aliphatic carbocycles. The van der Waals surface area contributed by atoms with Crippen LogP contribution in [0.5, 0.6) is 0 Å². The monoisotopic (exact) mass is 424 g/mol. The van der Waals surface area contributed by atoms with Crippen molar-refractivity contribution in [3.05, 3.63) is 88.4 Å². The van der Waals surface area contributed by atoms with Gasteiger partial charge in [0.2, 0.25) is 5.91 Å². The number of nitriles is 1. The highest BCUT2D eigenvalue weighted by atomic mass is 16.2. The summed E-state index contributed by atoms with van der Waals surface area (Å²) in [7, 11) is 0. The molecule has 8 nitrogen and oxygen atoms in total. The number of hydrogen-bond donors (Lipinski definition) is 2. The molecule has 2 amide bonds. The second kappa shape index (κ2) is 8.32. The highest BCUT2D eigenvalue weighted by Gasteiger charge is 2.19. The van der Waals surface area contributed by atoms with Crippen molar-refractivity contribution in [1.29, 1.82) is 5.26 Å². The summed E-state index contributed by atoms with van der Waals surface area (Å²) in [5, 5.41) is 17.1. The Hall–Kier alpha value is -4.51. The van der Waals surface area contributed by atoms with Crippen molar-refractivity contribution in [3.63, 3.8) is 0 Å². The molecular formula is C24H20N6O2. The average molecular weight is 424 g/mol. The Kier molecular flexibility index (Phi) is 5.39. The van der Waals surface area contributed by atoms with Crippen LogP contribution < -0.4 is 11.1 Å². The van der Waals surface area contributed by atoms with Gasteiger partial charge in [0.1, 0.15) is 5.69 Å². The number of aromatic nitrogens is 3. The largest absolute Gasteiger partial charge is 0.366 e. The lowest BCUT2D eigenvalue weighted by Crippen LogP contribution is -2.18. The number of pyridine rings is 1. The first-order chi connectivity index (χ1) is 15.4. The summed E-state index contributed by atoms with van der Waals surface area (Å²) in [5.74, 6) is -1.09. The standard InChI is InChI=1S/C24H20N6O2/c1-14-22(15(2)30(29-14)13-17-7-5-6-16(10-17)12-25)28-24(32)21-11-19(23(26)31)18-8-3-4-9-20(18)27-21/h3-11H,13H2,1-2H3,(H2,26,31)(H,28,32). The van der Waals surface area contributed by atoms with Gasteiger partial charge in [-0.05, 0) is 43.7 Å². The zero-order chi connectivity index (χ0) is 22.8. The predicted molar refractivity (Wildman–Crippen MR) is 120 cm³/mol. The average Bonchev–Trinajstić information content (AvgIpc) is 3.05. The molecule has 0 aliphatic heterocycles. The van der Waals surface area contributed by atoms with Crippen LogP contribution in [0.3, 0.4) is 0 Å². The molecule has 4 aromatic rings. The number of benzene rings is 2. The quantitative estimate of drug-likeness (QED) is 0.508. The summed E-state index contributed by atoms with van der Waals surface area (Å²) >= 11 is 0. The summed E-state index contributed by atoms with van der Waals surface area (Å²) in [4.78, 5) is 29.3. The summed E-state index contributed by atoms with van der Waals surface area (Å²) in [6.45, 7) is 4.11. The number of nitrogens with zero attached hydrogens (tertiary/aromatic N) is 4. The van der Waals surface area contributed by atoms with E-state index in [1.54, 1.807) is 48.0 Å². The third kappa shape index (κ3) is 3.91. The molecule has 0 spiro atoms. The van der Waals surface area contributed by atoms with E-state index in [2.05, 4.69) is 21.5 Å². The van der Waals surface area contributed by atoms with Crippen LogP contribution in [-0.4, -0.2) is 26.6 Å². The van der Waals surface area contributed by atoms with Gasteiger partial charge in [0.15, 0.2) is 0 Å². The maximum absolute atomic E-state index is 13.0. The number of hydrogen-bond acceptors (Lipinski definition) is 5. The number of rotatable bonds is 5. The van der Waals surface area contributed by atoms with Crippen LogP contribution in [0.4, 0.5) is 5.69 Å². The van der Waals surface area contributed by atoms with E-state index in [9.17, 15) is 9.59 Å². The Bertz CT molecular complexity index is 1410. The van der Waals surface area contributed by atoms with E-state index in [1.165, 1.54) is 6.07 Å². The summed E-state index contributed by atoms with van der Waals surface area (Å²) in [6.07, 6.45) is 0. The fraction of sp³-hybridized carbons (Fsp3) is 0.125. The van der Waals surface area contributed by atoms with Crippen molar-refractivity contribution in [1.82, 2.24) is 14.8 Å². The Morgan fingerprint density at radius 1 is 1.12 bits per heavy atom. The van der Waals surface area contributed by atoms with Gasteiger partial charge in [0.05, 0.1) is 46.3 Å². The van der Waals surface area contributed by atoms with Crippen LogP contribution in [0.15, 0.2) is 54.6 Å². The van der Waals surface area contributed by atoms with Crippen molar-refractivity contribution < 1.29 is 9.59 Å². The Morgan fingerprint density at radius 2 is 1.91 bits per heavy atom. The van der Waals surface area contributed by atoms with E-state index < -0.39 is 11.8 Å². The number of para-hydroxylation sites is 1. The molecule has 0 bridgehead atoms. The molecule has 3 N–H and O–H groups in total. The minimum Gasteiger partial charge on any atom is -0.366 e. The molecule has 2 heterocycles. The lowest BCUT2D eigenvalue weighted by atomic mass is 10.1. The summed E-state index contributed by atoms with van der Waals surface area (Å²) in [5.41, 5.74) is 9.82. The van der Waals surface area contributed by atoms with Crippen LogP contribution in [0.25, 0.3) is 10.9 Å². The maximum Gasteiger partial charge on any atom is 0.274 e. The topological polar surface area (TPSA) is 127 Å². The van der Waals surface area contributed by atoms with Crippen LogP contribution in [0.2, 0.25) is 0 Å². The van der Waals surface area contributed by atoms with Crippen molar-refractivity contribution in [2.75, 3.05) is 5.32 Å². The number of fused-ring (bicyclic) bond motifs is 1. The number of nitrogens with two attached hydrogens (primary N) is 1. The molecule has 2 aromatic carbocycles. The SMILES string of the molecule is Cc1nn(Cc2cccc(C#N)c2)c(C)c1NC(=O)c1cc(C(N)=O)c2ccccc2n1. The first kappa shape index (κ1) is 20.8. The van der Waals surface area contributed by atoms with Gasteiger partial charge in [-0.15, -0.1) is 0 Å². The molecule has 0 fully saturated rings. The van der Waals surface area contributed by atoms with E-state index in [0.717, 1.165) is 11.3 Å². The van der Waals surface area contributed by atoms with Crippen LogP contribution >= 0.6 is 0 Å². The van der Waals surface area contributed by atoms with E-state index in [0.29, 0.717) is 34.4 Å². The molecule has 158 valence electrons. The van der Waals surface area contributed by atoms with E-state index >= 15 is 0 Å². The number of nitrogens with one attached hydrogen (secondary N) is 1. The zero-order valence-corrected chi connectivity index (χ0v) is 17.6. The number of carbonyl (C=O) groups is 2. The van der Waals surface area contributed by atoms with Gasteiger partial charge in [-0.3, -0.25) is 14.3 Å². The molecule has 4 rings (SSSR count). The highest BCUT2D eigenvalue weighted by molar-refractivity contribution is 6.10. The molecule has 2 aromatic heterocycles. The molecule has 32 heavy (non-hydrogen) atoms. The smallest absolute Gasteiger partial charge is 0.274 e. The van der Waals surface area contributed by atoms with Crippen molar-refractivity contribution in [2.24, 2.45) is 5.73 Å². The first-order valence-corrected chi connectivity index (χ1v) is 9.91. The fourth-order valence-electron chi connectivity index (χ4n) is 3.62. The van der Waals surface area contributed by atoms with Crippen LogP contribution in [0.1, 0.15) is 43.4 Å². The summed E-state index contributed by atoms with van der Waals surface area (Å²) in [6, 6.07) is 17.8. The number of aryl methyl sites for hydroxylation is 1. The second-order valence-electron chi connectivity index (χ2n) is 7.41. The van der Waals surface area contributed by atoms with Crippen molar-refractivity contribution >= 4 is 28.4 Å². The van der Waals surface area contributed by atoms with E-state index in [4.69, 9.17) is 11.0 Å². The number of amides is 2. The molecule has 8 heteroatoms. The third-order valence-electron chi connectivity index (χ3n) is 5.22. The summed E-state index contributed by atoms with van der Waals surface area (Å²) < 4.78 is 1.77. The van der Waals surface area contributed by atoms with Gasteiger partial charge in [-0.1, -0.05) is 30.3 Å². The van der Waals surface area contributed by atoms with Gasteiger partial charge in [-0.2, -0.15) is 10.4 Å². The Morgan fingerprint density at radius 3 is 2.66 bits per heavy atom. The lowest BCUT2D eigenvalue weighted by Gasteiger charge is -2.09. The predicted octanol–water partition coefficient (Wildman–Crippen LogP) is 3.32. The van der Waals surface area contributed by atoms with Crippen molar-refractivity contribution in [2.45, 2.75) is 20.4 Å². The molecule has 0 atom stereocenters. The minimum absolute atomic E-state index is 0.0887. The molecule has 0 aliphatic rings. The first-order valence-electron chi connectivity index (χ1n) is 9.91. The van der Waals surface area contributed by atoms with Gasteiger partial charge in [0.25, 0.3) is 5.91 Å². The Labute approximate surface area is 184 Å². The molecule has 0 saturated carbocycles. The molecular weight excluding hydrogens is 404 g/mol. The van der Waals surface area contributed by atoms with E-state index in [1.807, 2.05) is 19.1 Å². The number of primary amides is 1. The van der Waals surface area contributed by atoms with Crippen LogP contribution in [-0.2, 0) is 6.54 Å². The third-order valence-corrected chi connectivity index (χ3v) is 5.22. The minimum atomic E-state index is -0.627. The molecule has 0 radical (unpaired) electrons. The van der Waals surface area contributed by atoms with Gasteiger partial charge < -0.3 is 11.1 Å². The van der Waals surface area contributed by atoms with Gasteiger partial charge >= 0.3 is 0 Å². The lowest BCUT2D eigenvalue weighted by molar-refractivity contribution is 0.100. The van der Waals surface area contributed by atoms with Gasteiger partial charge in [-0.25, -0.2) is 4.98 Å². The Balaban J connectivity index is 1.64. The van der Waals surface area contributed by atoms with E-state index in [-0.39, 0.29) is 11.3 Å². The number of anilines is 1. The maximum atomic E-state index is 13.0. The van der Waals surface area contributed by atoms with Crippen molar-refractivity contribution in [3.8, 4) is 6.07 Å². The number of carbonyl (C=O) groups excluding carboxylic acids is 2.